The van der Waals surface area contributed by atoms with Crippen molar-refractivity contribution in [3.8, 4) is 89.3 Å². The van der Waals surface area contributed by atoms with Crippen LogP contribution in [0.3, 0.4) is 0 Å². The highest BCUT2D eigenvalue weighted by molar-refractivity contribution is 6.13. The molecule has 0 amide bonds. The summed E-state index contributed by atoms with van der Waals surface area (Å²) in [6, 6.07) is 125. The highest BCUT2D eigenvalue weighted by Crippen LogP contribution is 2.56. The molecule has 0 saturated heterocycles. The smallest absolute Gasteiger partial charge is 0.0713 e. The normalized spacial score (nSPS) is 12.5. The molecule has 0 atom stereocenters. The Bertz CT molecular complexity index is 5250. The van der Waals surface area contributed by atoms with Crippen molar-refractivity contribution in [3.63, 3.8) is 0 Å². The molecule has 1 aliphatic carbocycles. The number of aromatic nitrogens is 2. The molecule has 0 spiro atoms. The van der Waals surface area contributed by atoms with Crippen molar-refractivity contribution in [2.75, 3.05) is 0 Å². The first kappa shape index (κ1) is 50.2. The Labute approximate surface area is 506 Å². The second-order valence-electron chi connectivity index (χ2n) is 23.2. The summed E-state index contributed by atoms with van der Waals surface area (Å²) < 4.78 is 4.83. The monoisotopic (exact) mass is 1100 g/mol. The van der Waals surface area contributed by atoms with Gasteiger partial charge in [-0.05, 0) is 173 Å². The first-order valence-electron chi connectivity index (χ1n) is 30.1. The quantitative estimate of drug-likeness (QED) is 0.129. The van der Waals surface area contributed by atoms with Crippen LogP contribution in [0.5, 0.6) is 0 Å². The van der Waals surface area contributed by atoms with Crippen molar-refractivity contribution in [3.05, 3.63) is 362 Å². The predicted molar refractivity (Wildman–Crippen MR) is 365 cm³/mol. The van der Waals surface area contributed by atoms with Crippen LogP contribution in [-0.2, 0) is 5.41 Å². The second kappa shape index (κ2) is 20.5. The highest BCUT2D eigenvalue weighted by atomic mass is 15.0. The van der Waals surface area contributed by atoms with Crippen molar-refractivity contribution in [2.24, 2.45) is 0 Å². The number of fused-ring (bicyclic) bond motifs is 9. The summed E-state index contributed by atoms with van der Waals surface area (Å²) in [4.78, 5) is 0. The molecule has 0 saturated carbocycles. The van der Waals surface area contributed by atoms with E-state index in [1.54, 1.807) is 0 Å². The number of para-hydroxylation sites is 2. The molecule has 2 heterocycles. The molecule has 2 heteroatoms. The zero-order valence-electron chi connectivity index (χ0n) is 47.7. The average Bonchev–Trinajstić information content (AvgIpc) is 1.66. The van der Waals surface area contributed by atoms with Gasteiger partial charge in [-0.15, -0.1) is 0 Å². The van der Waals surface area contributed by atoms with Crippen LogP contribution in [0.25, 0.3) is 133 Å². The number of rotatable bonds is 10. The summed E-state index contributed by atoms with van der Waals surface area (Å²) >= 11 is 0. The van der Waals surface area contributed by atoms with Crippen molar-refractivity contribution in [1.29, 1.82) is 0 Å². The van der Waals surface area contributed by atoms with Crippen molar-refractivity contribution in [1.82, 2.24) is 9.13 Å². The van der Waals surface area contributed by atoms with Gasteiger partial charge in [0.05, 0.1) is 27.5 Å². The van der Waals surface area contributed by atoms with E-state index in [-0.39, 0.29) is 0 Å². The highest BCUT2D eigenvalue weighted by Gasteiger charge is 2.46. The van der Waals surface area contributed by atoms with E-state index in [0.29, 0.717) is 0 Å². The lowest BCUT2D eigenvalue weighted by atomic mass is 9.67. The third-order valence-electron chi connectivity index (χ3n) is 18.4. The SMILES string of the molecule is c1ccc(-c2ccc(-n3c4ccccc4c4cc(-c5ccc6c(c5)c5ccccc5n6-c5cccc(-c6ccc(-c7ccc(-c8cccc(-c9cccc(C%10(c%11ccccc%11)c%11ccccc%11-c%11ccccc%11%10)c9)c8)cc7)cc6)c5)ccc43)cc2)cc1. The molecule has 0 N–H and O–H groups in total. The minimum Gasteiger partial charge on any atom is -0.309 e. The van der Waals surface area contributed by atoms with E-state index >= 15 is 0 Å². The maximum absolute atomic E-state index is 2.43. The molecular weight excluding hydrogens is 1050 g/mol. The summed E-state index contributed by atoms with van der Waals surface area (Å²) in [5.74, 6) is 0. The summed E-state index contributed by atoms with van der Waals surface area (Å²) in [5.41, 5.74) is 28.7. The molecule has 16 aromatic rings. The first-order chi connectivity index (χ1) is 43.1. The Kier molecular flexibility index (Phi) is 11.8. The van der Waals surface area contributed by atoms with E-state index < -0.39 is 5.41 Å². The fourth-order valence-corrected chi connectivity index (χ4v) is 14.4. The molecule has 0 fully saturated rings. The van der Waals surface area contributed by atoms with E-state index in [9.17, 15) is 0 Å². The Balaban J connectivity index is 0.644. The first-order valence-corrected chi connectivity index (χ1v) is 30.1. The van der Waals surface area contributed by atoms with Gasteiger partial charge >= 0.3 is 0 Å². The van der Waals surface area contributed by atoms with E-state index in [2.05, 4.69) is 349 Å². The van der Waals surface area contributed by atoms with Crippen molar-refractivity contribution >= 4 is 43.6 Å². The molecule has 1 aliphatic rings. The zero-order chi connectivity index (χ0) is 57.4. The topological polar surface area (TPSA) is 9.86 Å². The maximum atomic E-state index is 2.43. The van der Waals surface area contributed by atoms with Crippen LogP contribution >= 0.6 is 0 Å². The molecule has 406 valence electrons. The number of nitrogens with zero attached hydrogens (tertiary/aromatic N) is 2. The minimum atomic E-state index is -0.441. The van der Waals surface area contributed by atoms with Crippen LogP contribution in [-0.4, -0.2) is 9.13 Å². The van der Waals surface area contributed by atoms with Crippen LogP contribution in [0, 0.1) is 0 Å². The largest absolute Gasteiger partial charge is 0.309 e. The maximum Gasteiger partial charge on any atom is 0.0713 e. The van der Waals surface area contributed by atoms with E-state index in [1.807, 2.05) is 0 Å². The fourth-order valence-electron chi connectivity index (χ4n) is 14.4. The van der Waals surface area contributed by atoms with Gasteiger partial charge in [-0.1, -0.05) is 267 Å². The lowest BCUT2D eigenvalue weighted by molar-refractivity contribution is 0.769. The molecule has 0 unspecified atom stereocenters. The van der Waals surface area contributed by atoms with Crippen LogP contribution in [0.4, 0.5) is 0 Å². The van der Waals surface area contributed by atoms with Gasteiger partial charge in [0.25, 0.3) is 0 Å². The third kappa shape index (κ3) is 8.25. The molecule has 14 aromatic carbocycles. The Morgan fingerprint density at radius 3 is 1.09 bits per heavy atom. The Hall–Kier alpha value is -11.3. The van der Waals surface area contributed by atoms with E-state index in [0.717, 1.165) is 11.4 Å². The van der Waals surface area contributed by atoms with Gasteiger partial charge in [0.1, 0.15) is 0 Å². The van der Waals surface area contributed by atoms with Gasteiger partial charge in [-0.3, -0.25) is 0 Å². The Morgan fingerprint density at radius 2 is 0.529 bits per heavy atom. The fraction of sp³-hybridized carbons (Fsp3) is 0.0118. The molecule has 0 radical (unpaired) electrons. The van der Waals surface area contributed by atoms with E-state index in [4.69, 9.17) is 0 Å². The summed E-state index contributed by atoms with van der Waals surface area (Å²) in [6.45, 7) is 0. The molecule has 17 rings (SSSR count). The predicted octanol–water partition coefficient (Wildman–Crippen LogP) is 22.2. The average molecular weight is 1110 g/mol. The molecule has 2 aromatic heterocycles. The van der Waals surface area contributed by atoms with Crippen LogP contribution < -0.4 is 0 Å². The van der Waals surface area contributed by atoms with Crippen LogP contribution in [0.2, 0.25) is 0 Å². The number of benzene rings is 14. The summed E-state index contributed by atoms with van der Waals surface area (Å²) in [7, 11) is 0. The Morgan fingerprint density at radius 1 is 0.184 bits per heavy atom. The summed E-state index contributed by atoms with van der Waals surface area (Å²) in [5, 5.41) is 4.96. The van der Waals surface area contributed by atoms with Gasteiger partial charge in [-0.2, -0.15) is 0 Å². The van der Waals surface area contributed by atoms with Crippen LogP contribution in [0.15, 0.2) is 340 Å². The van der Waals surface area contributed by atoms with Crippen LogP contribution in [0.1, 0.15) is 22.3 Å². The molecule has 0 bridgehead atoms. The zero-order valence-corrected chi connectivity index (χ0v) is 47.7. The molecule has 2 nitrogen and oxygen atoms in total. The standard InChI is InChI=1S/C85H56N2/c1-3-18-57(19-4-1)60-44-48-71(49-45-60)86-81-34-13-9-30-75(81)77-55-67(46-50-83(77)86)68-47-51-84-78(56-68)76-31-10-14-35-82(76)87(84)72-27-17-23-66(54-72)62-42-38-59(39-43-62)58-36-40-61(41-37-58)63-20-15-21-64(52-63)65-22-16-26-70(53-65)85(69-24-5-2-6-25-69)79-32-11-7-28-73(79)74-29-8-12-33-80(74)85/h1-56H. The van der Waals surface area contributed by atoms with Gasteiger partial charge in [0, 0.05) is 32.9 Å². The van der Waals surface area contributed by atoms with Crippen molar-refractivity contribution < 1.29 is 0 Å². The lowest BCUT2D eigenvalue weighted by Crippen LogP contribution is -2.28. The third-order valence-corrected chi connectivity index (χ3v) is 18.4. The molecular formula is C85H56N2. The molecule has 87 heavy (non-hydrogen) atoms. The van der Waals surface area contributed by atoms with Gasteiger partial charge < -0.3 is 9.13 Å². The summed E-state index contributed by atoms with van der Waals surface area (Å²) in [6.07, 6.45) is 0. The number of hydrogen-bond donors (Lipinski definition) is 0. The van der Waals surface area contributed by atoms with Gasteiger partial charge in [-0.25, -0.2) is 0 Å². The molecule has 0 aliphatic heterocycles. The van der Waals surface area contributed by atoms with E-state index in [1.165, 1.54) is 144 Å². The van der Waals surface area contributed by atoms with Gasteiger partial charge in [0.2, 0.25) is 0 Å². The lowest BCUT2D eigenvalue weighted by Gasteiger charge is -2.34. The van der Waals surface area contributed by atoms with Crippen molar-refractivity contribution in [2.45, 2.75) is 5.41 Å². The minimum absolute atomic E-state index is 0.441. The van der Waals surface area contributed by atoms with Gasteiger partial charge in [0.15, 0.2) is 0 Å². The number of hydrogen-bond acceptors (Lipinski definition) is 0. The second-order valence-corrected chi connectivity index (χ2v) is 23.2.